The van der Waals surface area contributed by atoms with E-state index in [0.29, 0.717) is 13.2 Å². The highest BCUT2D eigenvalue weighted by molar-refractivity contribution is 4.94. The van der Waals surface area contributed by atoms with Gasteiger partial charge in [0.2, 0.25) is 0 Å². The fourth-order valence-corrected chi connectivity index (χ4v) is 1.30. The minimum Gasteiger partial charge on any atom is -0.380 e. The van der Waals surface area contributed by atoms with Crippen LogP contribution in [0.1, 0.15) is 39.0 Å². The molecule has 0 bridgehead atoms. The first-order chi connectivity index (χ1) is 7.91. The highest BCUT2D eigenvalue weighted by Crippen LogP contribution is 2.00. The second kappa shape index (κ2) is 14.4. The van der Waals surface area contributed by atoms with Gasteiger partial charge in [-0.2, -0.15) is 0 Å². The number of rotatable bonds is 11. The molecule has 3 nitrogen and oxygen atoms in total. The maximum atomic E-state index is 5.43. The van der Waals surface area contributed by atoms with E-state index in [-0.39, 0.29) is 0 Å². The van der Waals surface area contributed by atoms with E-state index in [2.05, 4.69) is 11.8 Å². The highest BCUT2D eigenvalue weighted by Gasteiger charge is 1.91. The van der Waals surface area contributed by atoms with Crippen molar-refractivity contribution in [1.82, 2.24) is 0 Å². The summed E-state index contributed by atoms with van der Waals surface area (Å²) in [6.07, 6.45) is 5.54. The third kappa shape index (κ3) is 13.4. The summed E-state index contributed by atoms with van der Waals surface area (Å²) in [6, 6.07) is 0. The van der Waals surface area contributed by atoms with Gasteiger partial charge in [-0.1, -0.05) is 12.8 Å². The van der Waals surface area contributed by atoms with E-state index < -0.39 is 0 Å². The summed E-state index contributed by atoms with van der Waals surface area (Å²) in [7, 11) is 0. The average molecular weight is 227 g/mol. The van der Waals surface area contributed by atoms with E-state index in [1.165, 1.54) is 12.8 Å². The Bertz CT molecular complexity index is 184. The average Bonchev–Trinajstić information content (AvgIpc) is 2.31. The molecule has 0 saturated heterocycles. The van der Waals surface area contributed by atoms with Crippen LogP contribution in [0.4, 0.5) is 0 Å². The van der Waals surface area contributed by atoms with Crippen LogP contribution in [0.15, 0.2) is 0 Å². The van der Waals surface area contributed by atoms with Gasteiger partial charge in [0.05, 0.1) is 13.2 Å². The van der Waals surface area contributed by atoms with Crippen LogP contribution in [0.3, 0.4) is 0 Å². The predicted molar refractivity (Wildman–Crippen MR) is 67.2 cm³/mol. The van der Waals surface area contributed by atoms with Crippen LogP contribution >= 0.6 is 0 Å². The Hall–Kier alpha value is -0.560. The molecule has 0 radical (unpaired) electrons. The van der Waals surface area contributed by atoms with E-state index in [0.717, 1.165) is 39.1 Å². The third-order valence-electron chi connectivity index (χ3n) is 2.14. The molecule has 0 aromatic heterocycles. The molecule has 0 unspecified atom stereocenters. The fourth-order valence-electron chi connectivity index (χ4n) is 1.30. The zero-order valence-corrected chi connectivity index (χ0v) is 10.5. The van der Waals surface area contributed by atoms with Gasteiger partial charge in [0, 0.05) is 26.2 Å². The summed E-state index contributed by atoms with van der Waals surface area (Å²) in [5.74, 6) is 5.83. The summed E-state index contributed by atoms with van der Waals surface area (Å²) >= 11 is 0. The first-order valence-corrected chi connectivity index (χ1v) is 6.17. The Morgan fingerprint density at radius 2 is 1.50 bits per heavy atom. The normalized spacial score (nSPS) is 9.88. The molecule has 94 valence electrons. The lowest BCUT2D eigenvalue weighted by molar-refractivity contribution is 0.127. The van der Waals surface area contributed by atoms with Crippen molar-refractivity contribution in [2.75, 3.05) is 33.0 Å². The van der Waals surface area contributed by atoms with Crippen molar-refractivity contribution in [3.8, 4) is 11.8 Å². The molecular weight excluding hydrogens is 202 g/mol. The standard InChI is InChI=1S/C13H25NO2/c1-2-3-6-10-15-11-7-4-5-8-12-16-13-9-14/h4-14H2,1H3. The van der Waals surface area contributed by atoms with E-state index in [9.17, 15) is 0 Å². The van der Waals surface area contributed by atoms with Crippen molar-refractivity contribution >= 4 is 0 Å². The summed E-state index contributed by atoms with van der Waals surface area (Å²) in [6.45, 7) is 5.61. The van der Waals surface area contributed by atoms with Gasteiger partial charge >= 0.3 is 0 Å². The molecule has 0 aromatic carbocycles. The fraction of sp³-hybridized carbons (Fsp3) is 0.846. The predicted octanol–water partition coefficient (Wildman–Crippen LogP) is 1.95. The van der Waals surface area contributed by atoms with Crippen LogP contribution in [-0.4, -0.2) is 33.0 Å². The Kier molecular flexibility index (Phi) is 13.9. The van der Waals surface area contributed by atoms with E-state index in [1.54, 1.807) is 0 Å². The van der Waals surface area contributed by atoms with Crippen molar-refractivity contribution < 1.29 is 9.47 Å². The van der Waals surface area contributed by atoms with E-state index in [4.69, 9.17) is 15.2 Å². The Labute approximate surface area is 99.7 Å². The van der Waals surface area contributed by atoms with Gasteiger partial charge in [0.25, 0.3) is 0 Å². The molecule has 0 spiro atoms. The summed E-state index contributed by atoms with van der Waals surface area (Å²) < 4.78 is 10.7. The van der Waals surface area contributed by atoms with Gasteiger partial charge in [-0.05, 0) is 19.8 Å². The molecule has 0 aliphatic rings. The minimum atomic E-state index is 0.620. The number of hydrogen-bond acceptors (Lipinski definition) is 3. The number of nitrogens with two attached hydrogens (primary N) is 1. The molecule has 16 heavy (non-hydrogen) atoms. The van der Waals surface area contributed by atoms with Gasteiger partial charge in [0.15, 0.2) is 0 Å². The lowest BCUT2D eigenvalue weighted by atomic mass is 10.2. The lowest BCUT2D eigenvalue weighted by Crippen LogP contribution is -2.08. The monoisotopic (exact) mass is 227 g/mol. The number of ether oxygens (including phenoxy) is 2. The molecule has 0 amide bonds. The summed E-state index contributed by atoms with van der Waals surface area (Å²) in [5, 5.41) is 0. The SMILES string of the molecule is CC#CCCOCCCCCCOCCN. The maximum Gasteiger partial charge on any atom is 0.0588 e. The molecular formula is C13H25NO2. The zero-order chi connectivity index (χ0) is 11.9. The number of unbranched alkanes of at least 4 members (excludes halogenated alkanes) is 3. The Balaban J connectivity index is 2.89. The quantitative estimate of drug-likeness (QED) is 0.433. The van der Waals surface area contributed by atoms with Gasteiger partial charge < -0.3 is 15.2 Å². The van der Waals surface area contributed by atoms with Crippen LogP contribution in [0.2, 0.25) is 0 Å². The first-order valence-electron chi connectivity index (χ1n) is 6.17. The molecule has 0 aromatic rings. The largest absolute Gasteiger partial charge is 0.380 e. The second-order valence-electron chi connectivity index (χ2n) is 3.60. The van der Waals surface area contributed by atoms with Crippen molar-refractivity contribution in [3.05, 3.63) is 0 Å². The molecule has 0 saturated carbocycles. The molecule has 0 atom stereocenters. The van der Waals surface area contributed by atoms with Crippen LogP contribution in [-0.2, 0) is 9.47 Å². The van der Waals surface area contributed by atoms with Crippen molar-refractivity contribution in [1.29, 1.82) is 0 Å². The number of hydrogen-bond donors (Lipinski definition) is 1. The van der Waals surface area contributed by atoms with Crippen molar-refractivity contribution in [2.45, 2.75) is 39.0 Å². The van der Waals surface area contributed by atoms with Crippen LogP contribution in [0, 0.1) is 11.8 Å². The minimum absolute atomic E-state index is 0.620. The van der Waals surface area contributed by atoms with Crippen LogP contribution in [0.5, 0.6) is 0 Å². The second-order valence-corrected chi connectivity index (χ2v) is 3.60. The molecule has 3 heteroatoms. The van der Waals surface area contributed by atoms with E-state index in [1.807, 2.05) is 6.92 Å². The Morgan fingerprint density at radius 1 is 0.875 bits per heavy atom. The van der Waals surface area contributed by atoms with Gasteiger partial charge in [0.1, 0.15) is 0 Å². The first kappa shape index (κ1) is 15.4. The highest BCUT2D eigenvalue weighted by atomic mass is 16.5. The van der Waals surface area contributed by atoms with Crippen LogP contribution in [0.25, 0.3) is 0 Å². The van der Waals surface area contributed by atoms with Gasteiger partial charge in [-0.3, -0.25) is 0 Å². The maximum absolute atomic E-state index is 5.43. The van der Waals surface area contributed by atoms with Crippen molar-refractivity contribution in [2.24, 2.45) is 5.73 Å². The van der Waals surface area contributed by atoms with Crippen molar-refractivity contribution in [3.63, 3.8) is 0 Å². The molecule has 0 heterocycles. The molecule has 0 aliphatic carbocycles. The smallest absolute Gasteiger partial charge is 0.0588 e. The van der Waals surface area contributed by atoms with Crippen LogP contribution < -0.4 is 5.73 Å². The van der Waals surface area contributed by atoms with E-state index >= 15 is 0 Å². The molecule has 2 N–H and O–H groups in total. The third-order valence-corrected chi connectivity index (χ3v) is 2.14. The topological polar surface area (TPSA) is 44.5 Å². The van der Waals surface area contributed by atoms with Gasteiger partial charge in [-0.25, -0.2) is 0 Å². The molecule has 0 rings (SSSR count). The molecule has 0 aliphatic heterocycles. The summed E-state index contributed by atoms with van der Waals surface area (Å²) in [5.41, 5.74) is 5.31. The van der Waals surface area contributed by atoms with Gasteiger partial charge in [-0.15, -0.1) is 11.8 Å². The zero-order valence-electron chi connectivity index (χ0n) is 10.5. The summed E-state index contributed by atoms with van der Waals surface area (Å²) in [4.78, 5) is 0. The lowest BCUT2D eigenvalue weighted by Gasteiger charge is -2.03. The Morgan fingerprint density at radius 3 is 2.06 bits per heavy atom. The molecule has 0 fully saturated rings.